The Morgan fingerprint density at radius 2 is 0.431 bits per heavy atom. The summed E-state index contributed by atoms with van der Waals surface area (Å²) >= 11 is 0. The van der Waals surface area contributed by atoms with Gasteiger partial charge in [0.05, 0.1) is 11.4 Å². The highest BCUT2D eigenvalue weighted by atomic mass is 16.3. The van der Waals surface area contributed by atoms with Crippen LogP contribution in [-0.2, 0) is 0 Å². The zero-order valence-corrected chi connectivity index (χ0v) is 31.7. The van der Waals surface area contributed by atoms with Crippen molar-refractivity contribution in [2.24, 2.45) is 0 Å². The Balaban J connectivity index is 1.18. The van der Waals surface area contributed by atoms with E-state index in [1.165, 1.54) is 6.07 Å². The Hall–Kier alpha value is -7.82. The lowest BCUT2D eigenvalue weighted by molar-refractivity contribution is 0.452. The maximum Gasteiger partial charge on any atom is 0.143 e. The number of anilines is 6. The fourth-order valence-corrected chi connectivity index (χ4v) is 7.50. The average Bonchev–Trinajstić information content (AvgIpc) is 3.30. The summed E-state index contributed by atoms with van der Waals surface area (Å²) in [5.41, 5.74) is 13.3. The van der Waals surface area contributed by atoms with Crippen molar-refractivity contribution in [2.75, 3.05) is 9.80 Å². The zero-order chi connectivity index (χ0) is 39.3. The van der Waals surface area contributed by atoms with Crippen molar-refractivity contribution in [1.29, 1.82) is 0 Å². The molecule has 0 aliphatic carbocycles. The van der Waals surface area contributed by atoms with Crippen LogP contribution in [0.4, 0.5) is 34.1 Å². The number of rotatable bonds is 10. The SMILES string of the molecule is Oc1cc(O)c(N(c2ccc(-c3ccccc3)cc2)c2ccc(-c3ccccc3)cc2)cc1N(c1ccc(-c2ccccc2)cc1)c1ccc(-c2ccccc2)cc1. The summed E-state index contributed by atoms with van der Waals surface area (Å²) in [4.78, 5) is 4.08. The Morgan fingerprint density at radius 1 is 0.224 bits per heavy atom. The summed E-state index contributed by atoms with van der Waals surface area (Å²) in [5, 5.41) is 23.6. The number of hydrogen-bond donors (Lipinski definition) is 2. The van der Waals surface area contributed by atoms with Crippen LogP contribution < -0.4 is 9.80 Å². The molecule has 278 valence electrons. The van der Waals surface area contributed by atoms with Gasteiger partial charge in [0.15, 0.2) is 0 Å². The van der Waals surface area contributed by atoms with Crippen molar-refractivity contribution in [1.82, 2.24) is 0 Å². The minimum Gasteiger partial charge on any atom is -0.506 e. The van der Waals surface area contributed by atoms with Gasteiger partial charge in [-0.25, -0.2) is 0 Å². The quantitative estimate of drug-likeness (QED) is 0.146. The summed E-state index contributed by atoms with van der Waals surface area (Å²) < 4.78 is 0. The summed E-state index contributed by atoms with van der Waals surface area (Å²) in [7, 11) is 0. The first kappa shape index (κ1) is 35.9. The second-order valence-electron chi connectivity index (χ2n) is 14.2. The van der Waals surface area contributed by atoms with Gasteiger partial charge in [-0.15, -0.1) is 0 Å². The first-order valence-corrected chi connectivity index (χ1v) is 19.4. The molecule has 0 aliphatic rings. The molecule has 0 spiro atoms. The van der Waals surface area contributed by atoms with Crippen LogP contribution in [0.5, 0.6) is 11.5 Å². The van der Waals surface area contributed by atoms with E-state index in [1.54, 1.807) is 0 Å². The summed E-state index contributed by atoms with van der Waals surface area (Å²) in [5.74, 6) is -0.112. The van der Waals surface area contributed by atoms with Crippen molar-refractivity contribution in [3.63, 3.8) is 0 Å². The summed E-state index contributed by atoms with van der Waals surface area (Å²) in [6.45, 7) is 0. The molecular formula is C54H40N2O2. The topological polar surface area (TPSA) is 46.9 Å². The van der Waals surface area contributed by atoms with Crippen molar-refractivity contribution in [2.45, 2.75) is 0 Å². The smallest absolute Gasteiger partial charge is 0.143 e. The molecule has 0 fully saturated rings. The molecule has 0 bridgehead atoms. The first-order chi connectivity index (χ1) is 28.6. The van der Waals surface area contributed by atoms with E-state index >= 15 is 0 Å². The predicted octanol–water partition coefficient (Wildman–Crippen LogP) is 14.7. The molecule has 2 N–H and O–H groups in total. The highest BCUT2D eigenvalue weighted by Gasteiger charge is 2.24. The van der Waals surface area contributed by atoms with E-state index < -0.39 is 0 Å². The molecule has 0 radical (unpaired) electrons. The lowest BCUT2D eigenvalue weighted by Crippen LogP contribution is -2.13. The Kier molecular flexibility index (Phi) is 9.96. The summed E-state index contributed by atoms with van der Waals surface area (Å²) in [6.07, 6.45) is 0. The van der Waals surface area contributed by atoms with Gasteiger partial charge in [0.1, 0.15) is 11.5 Å². The molecule has 0 saturated carbocycles. The van der Waals surface area contributed by atoms with Crippen LogP contribution in [0.15, 0.2) is 231 Å². The van der Waals surface area contributed by atoms with E-state index in [4.69, 9.17) is 0 Å². The molecule has 4 nitrogen and oxygen atoms in total. The number of phenolic OH excluding ortho intramolecular Hbond substituents is 2. The molecule has 9 aromatic rings. The van der Waals surface area contributed by atoms with E-state index in [2.05, 4.69) is 146 Å². The second-order valence-corrected chi connectivity index (χ2v) is 14.2. The second kappa shape index (κ2) is 16.1. The number of hydrogen-bond acceptors (Lipinski definition) is 4. The van der Waals surface area contributed by atoms with Gasteiger partial charge in [-0.1, -0.05) is 170 Å². The van der Waals surface area contributed by atoms with E-state index in [-0.39, 0.29) is 11.5 Å². The average molecular weight is 749 g/mol. The highest BCUT2D eigenvalue weighted by molar-refractivity contribution is 5.90. The lowest BCUT2D eigenvalue weighted by atomic mass is 10.0. The molecule has 9 aromatic carbocycles. The zero-order valence-electron chi connectivity index (χ0n) is 31.7. The Bertz CT molecular complexity index is 2380. The molecule has 0 aromatic heterocycles. The van der Waals surface area contributed by atoms with Crippen LogP contribution in [-0.4, -0.2) is 10.2 Å². The molecule has 58 heavy (non-hydrogen) atoms. The molecule has 9 rings (SSSR count). The van der Waals surface area contributed by atoms with Gasteiger partial charge in [-0.2, -0.15) is 0 Å². The first-order valence-electron chi connectivity index (χ1n) is 19.4. The van der Waals surface area contributed by atoms with Gasteiger partial charge >= 0.3 is 0 Å². The Labute approximate surface area is 339 Å². The van der Waals surface area contributed by atoms with E-state index in [1.807, 2.05) is 88.7 Å². The lowest BCUT2D eigenvalue weighted by Gasteiger charge is -2.31. The minimum absolute atomic E-state index is 0.0562. The Morgan fingerprint density at radius 3 is 0.655 bits per heavy atom. The predicted molar refractivity (Wildman–Crippen MR) is 241 cm³/mol. The number of phenols is 2. The van der Waals surface area contributed by atoms with E-state index in [9.17, 15) is 10.2 Å². The van der Waals surface area contributed by atoms with E-state index in [0.717, 1.165) is 67.3 Å². The van der Waals surface area contributed by atoms with Gasteiger partial charge < -0.3 is 20.0 Å². The van der Waals surface area contributed by atoms with Crippen LogP contribution in [0.1, 0.15) is 0 Å². The third kappa shape index (κ3) is 7.43. The maximum absolute atomic E-state index is 11.8. The van der Waals surface area contributed by atoms with Gasteiger partial charge in [-0.05, 0) is 99.1 Å². The normalized spacial score (nSPS) is 10.9. The monoisotopic (exact) mass is 748 g/mol. The standard InChI is InChI=1S/C54H40N2O2/c57-53-38-54(58)52(56(49-33-25-45(26-34-49)41-17-9-3-10-18-41)50-35-27-46(28-36-50)42-19-11-4-12-20-42)37-51(53)55(47-29-21-43(22-30-47)39-13-5-1-6-14-39)48-31-23-44(24-32-48)40-15-7-2-8-16-40/h1-38,57-58H. The van der Waals surface area contributed by atoms with Crippen molar-refractivity contribution in [3.8, 4) is 56.0 Å². The van der Waals surface area contributed by atoms with Crippen LogP contribution in [0.25, 0.3) is 44.5 Å². The third-order valence-corrected chi connectivity index (χ3v) is 10.5. The van der Waals surface area contributed by atoms with E-state index in [0.29, 0.717) is 11.4 Å². The summed E-state index contributed by atoms with van der Waals surface area (Å²) in [6, 6.07) is 77.8. The minimum atomic E-state index is -0.0562. The highest BCUT2D eigenvalue weighted by Crippen LogP contribution is 2.49. The fourth-order valence-electron chi connectivity index (χ4n) is 7.50. The largest absolute Gasteiger partial charge is 0.506 e. The van der Waals surface area contributed by atoms with Crippen LogP contribution in [0.2, 0.25) is 0 Å². The third-order valence-electron chi connectivity index (χ3n) is 10.5. The van der Waals surface area contributed by atoms with Gasteiger partial charge in [-0.3, -0.25) is 0 Å². The fraction of sp³-hybridized carbons (Fsp3) is 0. The molecule has 0 atom stereocenters. The molecule has 0 heterocycles. The molecular weight excluding hydrogens is 709 g/mol. The van der Waals surface area contributed by atoms with Crippen molar-refractivity contribution < 1.29 is 10.2 Å². The number of nitrogens with zero attached hydrogens (tertiary/aromatic N) is 2. The van der Waals surface area contributed by atoms with Crippen molar-refractivity contribution >= 4 is 34.1 Å². The molecule has 4 heteroatoms. The molecule has 0 saturated heterocycles. The van der Waals surface area contributed by atoms with Gasteiger partial charge in [0.2, 0.25) is 0 Å². The maximum atomic E-state index is 11.8. The van der Waals surface area contributed by atoms with Crippen LogP contribution >= 0.6 is 0 Å². The number of benzene rings is 9. The van der Waals surface area contributed by atoms with Gasteiger partial charge in [0.25, 0.3) is 0 Å². The number of aromatic hydroxyl groups is 2. The molecule has 0 amide bonds. The van der Waals surface area contributed by atoms with Crippen molar-refractivity contribution in [3.05, 3.63) is 231 Å². The van der Waals surface area contributed by atoms with Crippen LogP contribution in [0.3, 0.4) is 0 Å². The molecule has 0 aliphatic heterocycles. The van der Waals surface area contributed by atoms with Gasteiger partial charge in [0, 0.05) is 28.8 Å². The molecule has 0 unspecified atom stereocenters. The van der Waals surface area contributed by atoms with Crippen LogP contribution in [0, 0.1) is 0 Å².